The van der Waals surface area contributed by atoms with E-state index in [4.69, 9.17) is 5.73 Å². The molecule has 0 saturated heterocycles. The molecule has 9 heteroatoms. The summed E-state index contributed by atoms with van der Waals surface area (Å²) in [5.41, 5.74) is 8.77. The van der Waals surface area contributed by atoms with Gasteiger partial charge in [-0.1, -0.05) is 0 Å². The Labute approximate surface area is 135 Å². The summed E-state index contributed by atoms with van der Waals surface area (Å²) in [5, 5.41) is 4.11. The first-order valence-electron chi connectivity index (χ1n) is 7.31. The molecule has 0 spiro atoms. The van der Waals surface area contributed by atoms with Crippen LogP contribution in [0.1, 0.15) is 6.92 Å². The number of pyridine rings is 2. The van der Waals surface area contributed by atoms with Crippen LogP contribution in [-0.4, -0.2) is 34.3 Å². The number of nitrogen functional groups attached to an aromatic ring is 1. The minimum absolute atomic E-state index is 0.240. The third-order valence-corrected chi connectivity index (χ3v) is 3.75. The lowest BCUT2D eigenvalue weighted by atomic mass is 10.1. The van der Waals surface area contributed by atoms with Gasteiger partial charge in [0.15, 0.2) is 0 Å². The molecule has 24 heavy (non-hydrogen) atoms. The summed E-state index contributed by atoms with van der Waals surface area (Å²) in [7, 11) is 0. The van der Waals surface area contributed by atoms with Crippen molar-refractivity contribution in [3.63, 3.8) is 0 Å². The zero-order chi connectivity index (χ0) is 16.7. The summed E-state index contributed by atoms with van der Waals surface area (Å²) in [4.78, 5) is 16.3. The minimum Gasteiger partial charge on any atom is -0.368 e. The SMILES string of the molecule is CCn1c(-n2ncnc2N)nc2cncc(-c3ccnc(F)c3)c21. The molecule has 0 saturated carbocycles. The zero-order valence-electron chi connectivity index (χ0n) is 12.8. The fourth-order valence-electron chi connectivity index (χ4n) is 2.72. The Bertz CT molecular complexity index is 1040. The van der Waals surface area contributed by atoms with Crippen LogP contribution in [0.4, 0.5) is 10.3 Å². The van der Waals surface area contributed by atoms with Gasteiger partial charge in [-0.05, 0) is 18.6 Å². The van der Waals surface area contributed by atoms with Crippen LogP contribution in [0.5, 0.6) is 0 Å². The summed E-state index contributed by atoms with van der Waals surface area (Å²) in [6.07, 6.45) is 6.12. The van der Waals surface area contributed by atoms with Gasteiger partial charge in [-0.3, -0.25) is 4.98 Å². The average Bonchev–Trinajstić information content (AvgIpc) is 3.17. The number of nitrogens with two attached hydrogens (primary N) is 1. The van der Waals surface area contributed by atoms with Gasteiger partial charge in [0.1, 0.15) is 11.8 Å². The van der Waals surface area contributed by atoms with Gasteiger partial charge in [-0.25, -0.2) is 9.97 Å². The van der Waals surface area contributed by atoms with Gasteiger partial charge in [0.05, 0.1) is 11.7 Å². The Kier molecular flexibility index (Phi) is 3.19. The third-order valence-electron chi connectivity index (χ3n) is 3.75. The molecule has 2 N–H and O–H groups in total. The van der Waals surface area contributed by atoms with Crippen molar-refractivity contribution >= 4 is 17.0 Å². The van der Waals surface area contributed by atoms with Gasteiger partial charge in [0.2, 0.25) is 17.8 Å². The van der Waals surface area contributed by atoms with Crippen molar-refractivity contribution in [1.82, 2.24) is 34.3 Å². The van der Waals surface area contributed by atoms with Crippen LogP contribution in [0.3, 0.4) is 0 Å². The van der Waals surface area contributed by atoms with Crippen LogP contribution in [0.25, 0.3) is 28.1 Å². The number of fused-ring (bicyclic) bond motifs is 1. The molecule has 0 bridgehead atoms. The first-order chi connectivity index (χ1) is 11.7. The van der Waals surface area contributed by atoms with Crippen molar-refractivity contribution in [2.24, 2.45) is 0 Å². The molecule has 0 amide bonds. The van der Waals surface area contributed by atoms with Crippen molar-refractivity contribution in [2.75, 3.05) is 5.73 Å². The number of aryl methyl sites for hydroxylation is 1. The number of halogens is 1. The van der Waals surface area contributed by atoms with E-state index in [1.54, 1.807) is 18.5 Å². The average molecular weight is 324 g/mol. The molecular formula is C15H13FN8. The van der Waals surface area contributed by atoms with Crippen molar-refractivity contribution in [1.29, 1.82) is 0 Å². The molecule has 0 radical (unpaired) electrons. The molecule has 0 aromatic carbocycles. The Morgan fingerprint density at radius 3 is 2.83 bits per heavy atom. The van der Waals surface area contributed by atoms with Crippen LogP contribution >= 0.6 is 0 Å². The molecule has 4 aromatic heterocycles. The predicted octanol–water partition coefficient (Wildman–Crippen LogP) is 1.82. The first-order valence-corrected chi connectivity index (χ1v) is 7.31. The number of rotatable bonds is 3. The van der Waals surface area contributed by atoms with Crippen molar-refractivity contribution in [3.8, 4) is 17.1 Å². The fourth-order valence-corrected chi connectivity index (χ4v) is 2.72. The van der Waals surface area contributed by atoms with Crippen LogP contribution in [0.15, 0.2) is 37.1 Å². The first kappa shape index (κ1) is 14.2. The molecule has 0 aliphatic carbocycles. The maximum absolute atomic E-state index is 13.5. The summed E-state index contributed by atoms with van der Waals surface area (Å²) in [6, 6.07) is 3.10. The molecule has 0 aliphatic heterocycles. The van der Waals surface area contributed by atoms with Gasteiger partial charge in [0.25, 0.3) is 0 Å². The molecule has 4 heterocycles. The van der Waals surface area contributed by atoms with E-state index in [1.807, 2.05) is 11.5 Å². The van der Waals surface area contributed by atoms with Crippen molar-refractivity contribution < 1.29 is 4.39 Å². The second-order valence-corrected chi connectivity index (χ2v) is 5.11. The van der Waals surface area contributed by atoms with Crippen molar-refractivity contribution in [2.45, 2.75) is 13.5 Å². The Morgan fingerprint density at radius 2 is 2.12 bits per heavy atom. The van der Waals surface area contributed by atoms with Crippen LogP contribution in [0.2, 0.25) is 0 Å². The van der Waals surface area contributed by atoms with Crippen molar-refractivity contribution in [3.05, 3.63) is 43.0 Å². The van der Waals surface area contributed by atoms with E-state index in [1.165, 1.54) is 23.3 Å². The molecule has 0 fully saturated rings. The molecular weight excluding hydrogens is 311 g/mol. The van der Waals surface area contributed by atoms with E-state index >= 15 is 0 Å². The quantitative estimate of drug-likeness (QED) is 0.577. The van der Waals surface area contributed by atoms with Gasteiger partial charge in [0, 0.05) is 30.6 Å². The second-order valence-electron chi connectivity index (χ2n) is 5.11. The number of anilines is 1. The van der Waals surface area contributed by atoms with E-state index in [0.29, 0.717) is 23.6 Å². The molecule has 4 rings (SSSR count). The van der Waals surface area contributed by atoms with Crippen LogP contribution < -0.4 is 5.73 Å². The maximum Gasteiger partial charge on any atom is 0.235 e. The fraction of sp³-hybridized carbons (Fsp3) is 0.133. The van der Waals surface area contributed by atoms with E-state index in [0.717, 1.165) is 11.1 Å². The van der Waals surface area contributed by atoms with Gasteiger partial charge in [-0.15, -0.1) is 0 Å². The molecule has 0 atom stereocenters. The molecule has 8 nitrogen and oxygen atoms in total. The highest BCUT2D eigenvalue weighted by Crippen LogP contribution is 2.29. The Hall–Kier alpha value is -3.36. The summed E-state index contributed by atoms with van der Waals surface area (Å²) < 4.78 is 16.9. The van der Waals surface area contributed by atoms with E-state index in [-0.39, 0.29) is 5.95 Å². The highest BCUT2D eigenvalue weighted by molar-refractivity contribution is 5.92. The number of aromatic nitrogens is 7. The lowest BCUT2D eigenvalue weighted by molar-refractivity contribution is 0.584. The zero-order valence-corrected chi connectivity index (χ0v) is 12.8. The standard InChI is InChI=1S/C15H13FN8/c1-2-23-13-10(9-3-4-19-12(16)5-9)6-18-7-11(13)22-15(23)24-14(17)20-8-21-24/h3-8H,2H2,1H3,(H2,17,20,21). The van der Waals surface area contributed by atoms with Gasteiger partial charge < -0.3 is 10.3 Å². The van der Waals surface area contributed by atoms with Crippen LogP contribution in [-0.2, 0) is 6.54 Å². The Balaban J connectivity index is 2.04. The predicted molar refractivity (Wildman–Crippen MR) is 85.7 cm³/mol. The molecule has 120 valence electrons. The minimum atomic E-state index is -0.548. The largest absolute Gasteiger partial charge is 0.368 e. The van der Waals surface area contributed by atoms with E-state index < -0.39 is 5.95 Å². The van der Waals surface area contributed by atoms with Gasteiger partial charge in [-0.2, -0.15) is 19.2 Å². The van der Waals surface area contributed by atoms with Gasteiger partial charge >= 0.3 is 0 Å². The lowest BCUT2D eigenvalue weighted by Crippen LogP contribution is -2.10. The molecule has 4 aromatic rings. The van der Waals surface area contributed by atoms with Crippen LogP contribution in [0, 0.1) is 5.95 Å². The van der Waals surface area contributed by atoms with E-state index in [2.05, 4.69) is 25.0 Å². The highest BCUT2D eigenvalue weighted by atomic mass is 19.1. The number of hydrogen-bond donors (Lipinski definition) is 1. The lowest BCUT2D eigenvalue weighted by Gasteiger charge is -2.09. The summed E-state index contributed by atoms with van der Waals surface area (Å²) in [6.45, 7) is 2.60. The topological polar surface area (TPSA) is 100 Å². The smallest absolute Gasteiger partial charge is 0.235 e. The van der Waals surface area contributed by atoms with E-state index in [9.17, 15) is 4.39 Å². The molecule has 0 unspecified atom stereocenters. The number of imidazole rings is 1. The Morgan fingerprint density at radius 1 is 1.25 bits per heavy atom. The highest BCUT2D eigenvalue weighted by Gasteiger charge is 2.18. The number of hydrogen-bond acceptors (Lipinski definition) is 6. The summed E-state index contributed by atoms with van der Waals surface area (Å²) >= 11 is 0. The maximum atomic E-state index is 13.5. The normalized spacial score (nSPS) is 11.2. The second kappa shape index (κ2) is 5.37. The monoisotopic (exact) mass is 324 g/mol. The molecule has 0 aliphatic rings. The number of nitrogens with zero attached hydrogens (tertiary/aromatic N) is 7. The third kappa shape index (κ3) is 2.09. The summed E-state index contributed by atoms with van der Waals surface area (Å²) in [5.74, 6) is 0.226.